The van der Waals surface area contributed by atoms with Gasteiger partial charge in [-0.1, -0.05) is 17.7 Å². The minimum Gasteiger partial charge on any atom is -0.271 e. The van der Waals surface area contributed by atoms with E-state index in [2.05, 4.69) is 10.8 Å². The third kappa shape index (κ3) is 2.90. The summed E-state index contributed by atoms with van der Waals surface area (Å²) in [5.74, 6) is 5.27. The molecule has 1 aromatic heterocycles. The van der Waals surface area contributed by atoms with E-state index >= 15 is 0 Å². The Morgan fingerprint density at radius 1 is 1.44 bits per heavy atom. The van der Waals surface area contributed by atoms with Crippen LogP contribution in [0.15, 0.2) is 29.0 Å². The van der Waals surface area contributed by atoms with Gasteiger partial charge in [0.2, 0.25) is 0 Å². The lowest BCUT2D eigenvalue weighted by atomic mass is 9.99. The number of nitrogens with two attached hydrogens (primary N) is 1. The highest BCUT2D eigenvalue weighted by atomic mass is 35.5. The molecule has 5 heteroatoms. The summed E-state index contributed by atoms with van der Waals surface area (Å²) in [6, 6.07) is 4.62. The molecule has 0 saturated heterocycles. The third-order valence-electron chi connectivity index (χ3n) is 2.91. The number of benzene rings is 1. The maximum atomic E-state index is 13.7. The summed E-state index contributed by atoms with van der Waals surface area (Å²) >= 11 is 7.35. The first-order valence-corrected chi connectivity index (χ1v) is 6.86. The van der Waals surface area contributed by atoms with E-state index in [-0.39, 0.29) is 11.9 Å². The van der Waals surface area contributed by atoms with Crippen molar-refractivity contribution in [2.75, 3.05) is 0 Å². The van der Waals surface area contributed by atoms with Crippen LogP contribution in [0.4, 0.5) is 4.39 Å². The summed E-state index contributed by atoms with van der Waals surface area (Å²) in [5, 5.41) is 4.49. The van der Waals surface area contributed by atoms with E-state index in [4.69, 9.17) is 17.4 Å². The summed E-state index contributed by atoms with van der Waals surface area (Å²) in [6.07, 6.45) is 0.497. The predicted octanol–water partition coefficient (Wildman–Crippen LogP) is 3.60. The quantitative estimate of drug-likeness (QED) is 0.665. The van der Waals surface area contributed by atoms with Crippen LogP contribution >= 0.6 is 22.9 Å². The number of hydrazine groups is 1. The number of thiophene rings is 1. The average Bonchev–Trinajstić information content (AvgIpc) is 2.75. The van der Waals surface area contributed by atoms with Gasteiger partial charge in [-0.05, 0) is 52.9 Å². The van der Waals surface area contributed by atoms with E-state index in [1.807, 2.05) is 12.3 Å². The molecule has 3 N–H and O–H groups in total. The van der Waals surface area contributed by atoms with Gasteiger partial charge in [0, 0.05) is 5.02 Å². The van der Waals surface area contributed by atoms with Crippen molar-refractivity contribution in [3.05, 3.63) is 56.5 Å². The first kappa shape index (κ1) is 13.5. The smallest absolute Gasteiger partial charge is 0.127 e. The van der Waals surface area contributed by atoms with Crippen molar-refractivity contribution in [3.63, 3.8) is 0 Å². The first-order chi connectivity index (χ1) is 8.61. The molecule has 1 heterocycles. The van der Waals surface area contributed by atoms with Crippen LogP contribution in [0.2, 0.25) is 5.02 Å². The second kappa shape index (κ2) is 5.80. The van der Waals surface area contributed by atoms with E-state index in [1.165, 1.54) is 6.07 Å². The Morgan fingerprint density at radius 2 is 2.22 bits per heavy atom. The Balaban J connectivity index is 2.23. The molecule has 0 aliphatic heterocycles. The van der Waals surface area contributed by atoms with Crippen LogP contribution in [0.25, 0.3) is 0 Å². The highest BCUT2D eigenvalue weighted by Gasteiger charge is 2.15. The summed E-state index contributed by atoms with van der Waals surface area (Å²) in [7, 11) is 0. The van der Waals surface area contributed by atoms with Gasteiger partial charge in [0.1, 0.15) is 5.82 Å². The summed E-state index contributed by atoms with van der Waals surface area (Å²) in [4.78, 5) is 0. The van der Waals surface area contributed by atoms with Crippen LogP contribution in [0.5, 0.6) is 0 Å². The fraction of sp³-hybridized carbons (Fsp3) is 0.231. The maximum Gasteiger partial charge on any atom is 0.127 e. The number of rotatable bonds is 4. The molecule has 1 atom stereocenters. The number of hydrogen-bond donors (Lipinski definition) is 2. The van der Waals surface area contributed by atoms with Gasteiger partial charge in [0.15, 0.2) is 0 Å². The Kier molecular flexibility index (Phi) is 4.35. The van der Waals surface area contributed by atoms with Crippen molar-refractivity contribution in [1.82, 2.24) is 5.43 Å². The molecule has 0 amide bonds. The molecule has 2 rings (SSSR count). The van der Waals surface area contributed by atoms with E-state index < -0.39 is 0 Å². The SMILES string of the molecule is Cc1cscc1C(Cc1ccc(Cl)cc1F)NN. The van der Waals surface area contributed by atoms with E-state index in [1.54, 1.807) is 23.5 Å². The monoisotopic (exact) mass is 284 g/mol. The number of hydrogen-bond acceptors (Lipinski definition) is 3. The Labute approximate surface area is 115 Å². The molecule has 1 unspecified atom stereocenters. The van der Waals surface area contributed by atoms with Gasteiger partial charge in [-0.2, -0.15) is 11.3 Å². The van der Waals surface area contributed by atoms with E-state index in [0.29, 0.717) is 17.0 Å². The van der Waals surface area contributed by atoms with Gasteiger partial charge >= 0.3 is 0 Å². The normalized spacial score (nSPS) is 12.7. The van der Waals surface area contributed by atoms with Crippen molar-refractivity contribution in [2.24, 2.45) is 5.84 Å². The molecule has 2 nitrogen and oxygen atoms in total. The molecule has 2 aromatic rings. The molecule has 0 saturated carbocycles. The van der Waals surface area contributed by atoms with Crippen molar-refractivity contribution in [2.45, 2.75) is 19.4 Å². The number of halogens is 2. The highest BCUT2D eigenvalue weighted by Crippen LogP contribution is 2.26. The van der Waals surface area contributed by atoms with Gasteiger partial charge in [-0.15, -0.1) is 0 Å². The molecule has 18 heavy (non-hydrogen) atoms. The number of aryl methyl sites for hydroxylation is 1. The lowest BCUT2D eigenvalue weighted by molar-refractivity contribution is 0.528. The Hall–Kier alpha value is -0.940. The second-order valence-electron chi connectivity index (χ2n) is 4.17. The molecular formula is C13H14ClFN2S. The van der Waals surface area contributed by atoms with Crippen LogP contribution in [-0.4, -0.2) is 0 Å². The van der Waals surface area contributed by atoms with Crippen LogP contribution in [-0.2, 0) is 6.42 Å². The van der Waals surface area contributed by atoms with Crippen LogP contribution < -0.4 is 11.3 Å². The zero-order valence-corrected chi connectivity index (χ0v) is 11.5. The zero-order valence-electron chi connectivity index (χ0n) is 9.91. The minimum atomic E-state index is -0.296. The average molecular weight is 285 g/mol. The van der Waals surface area contributed by atoms with Gasteiger partial charge in [0.05, 0.1) is 6.04 Å². The lowest BCUT2D eigenvalue weighted by Gasteiger charge is -2.16. The molecule has 0 spiro atoms. The fourth-order valence-corrected chi connectivity index (χ4v) is 2.96. The lowest BCUT2D eigenvalue weighted by Crippen LogP contribution is -2.30. The standard InChI is InChI=1S/C13H14ClFN2S/c1-8-6-18-7-11(8)13(17-16)4-9-2-3-10(14)5-12(9)15/h2-3,5-7,13,17H,4,16H2,1H3. The third-order valence-corrected chi connectivity index (χ3v) is 4.03. The molecule has 0 fully saturated rings. The molecule has 0 radical (unpaired) electrons. The molecule has 0 aliphatic rings. The molecule has 0 aliphatic carbocycles. The minimum absolute atomic E-state index is 0.0908. The largest absolute Gasteiger partial charge is 0.271 e. The van der Waals surface area contributed by atoms with Gasteiger partial charge in [-0.3, -0.25) is 11.3 Å². The van der Waals surface area contributed by atoms with Crippen LogP contribution in [0, 0.1) is 12.7 Å². The van der Waals surface area contributed by atoms with Crippen molar-refractivity contribution >= 4 is 22.9 Å². The van der Waals surface area contributed by atoms with Crippen molar-refractivity contribution in [1.29, 1.82) is 0 Å². The van der Waals surface area contributed by atoms with Crippen LogP contribution in [0.1, 0.15) is 22.7 Å². The molecular weight excluding hydrogens is 271 g/mol. The molecule has 0 bridgehead atoms. The van der Waals surface area contributed by atoms with Gasteiger partial charge in [-0.25, -0.2) is 4.39 Å². The second-order valence-corrected chi connectivity index (χ2v) is 5.35. The Morgan fingerprint density at radius 3 is 2.78 bits per heavy atom. The first-order valence-electron chi connectivity index (χ1n) is 5.54. The highest BCUT2D eigenvalue weighted by molar-refractivity contribution is 7.08. The van der Waals surface area contributed by atoms with Gasteiger partial charge < -0.3 is 0 Å². The van der Waals surface area contributed by atoms with Crippen molar-refractivity contribution < 1.29 is 4.39 Å². The van der Waals surface area contributed by atoms with Crippen LogP contribution in [0.3, 0.4) is 0 Å². The zero-order chi connectivity index (χ0) is 13.1. The van der Waals surface area contributed by atoms with Gasteiger partial charge in [0.25, 0.3) is 0 Å². The molecule has 1 aromatic carbocycles. The predicted molar refractivity (Wildman–Crippen MR) is 74.2 cm³/mol. The summed E-state index contributed by atoms with van der Waals surface area (Å²) in [6.45, 7) is 2.02. The topological polar surface area (TPSA) is 38.0 Å². The summed E-state index contributed by atoms with van der Waals surface area (Å²) < 4.78 is 13.7. The fourth-order valence-electron chi connectivity index (χ4n) is 1.89. The number of nitrogens with one attached hydrogen (secondary N) is 1. The maximum absolute atomic E-state index is 13.7. The summed E-state index contributed by atoms with van der Waals surface area (Å²) in [5.41, 5.74) is 5.62. The molecule has 96 valence electrons. The Bertz CT molecular complexity index is 542. The van der Waals surface area contributed by atoms with E-state index in [9.17, 15) is 4.39 Å². The van der Waals surface area contributed by atoms with Crippen molar-refractivity contribution in [3.8, 4) is 0 Å². The van der Waals surface area contributed by atoms with E-state index in [0.717, 1.165) is 11.1 Å².